The lowest BCUT2D eigenvalue weighted by Crippen LogP contribution is -2.46. The van der Waals surface area contributed by atoms with Crippen LogP contribution < -0.4 is 5.32 Å². The van der Waals surface area contributed by atoms with Crippen molar-refractivity contribution in [3.05, 3.63) is 65.2 Å². The number of esters is 1. The molecule has 136 valence electrons. The fraction of sp³-hybridized carbons (Fsp3) is 0.333. The normalized spacial score (nSPS) is 15.0. The van der Waals surface area contributed by atoms with Crippen molar-refractivity contribution in [2.24, 2.45) is 0 Å². The number of carbonyl (C=O) groups excluding carboxylic acids is 2. The van der Waals surface area contributed by atoms with Crippen LogP contribution in [0.3, 0.4) is 0 Å². The summed E-state index contributed by atoms with van der Waals surface area (Å²) in [6.45, 7) is 1.86. The number of ether oxygens (including phenoxy) is 1. The van der Waals surface area contributed by atoms with Crippen LogP contribution in [0, 0.1) is 6.92 Å². The van der Waals surface area contributed by atoms with E-state index in [1.807, 2.05) is 18.2 Å². The maximum atomic E-state index is 12.1. The molecule has 5 heteroatoms. The number of hydrogen-bond acceptors (Lipinski definition) is 4. The van der Waals surface area contributed by atoms with Gasteiger partial charge in [-0.3, -0.25) is 4.79 Å². The molecule has 0 radical (unpaired) electrons. The SMILES string of the molecule is Cc1cccc(C(=O)OCC(=O)NCC2(c3ccccc3)CCC2)c1O. The van der Waals surface area contributed by atoms with E-state index in [4.69, 9.17) is 4.74 Å². The second-order valence-corrected chi connectivity index (χ2v) is 6.82. The van der Waals surface area contributed by atoms with Crippen molar-refractivity contribution in [3.63, 3.8) is 0 Å². The van der Waals surface area contributed by atoms with Crippen molar-refractivity contribution in [2.75, 3.05) is 13.2 Å². The summed E-state index contributed by atoms with van der Waals surface area (Å²) in [6.07, 6.45) is 3.22. The monoisotopic (exact) mass is 353 g/mol. The first-order valence-electron chi connectivity index (χ1n) is 8.80. The molecule has 0 saturated heterocycles. The highest BCUT2D eigenvalue weighted by Crippen LogP contribution is 2.43. The van der Waals surface area contributed by atoms with Gasteiger partial charge in [-0.15, -0.1) is 0 Å². The van der Waals surface area contributed by atoms with E-state index in [0.29, 0.717) is 12.1 Å². The third kappa shape index (κ3) is 3.72. The minimum Gasteiger partial charge on any atom is -0.507 e. The van der Waals surface area contributed by atoms with Gasteiger partial charge in [0.1, 0.15) is 11.3 Å². The van der Waals surface area contributed by atoms with Crippen molar-refractivity contribution in [1.82, 2.24) is 5.32 Å². The Bertz CT molecular complexity index is 797. The quantitative estimate of drug-likeness (QED) is 0.783. The number of para-hydroxylation sites is 1. The predicted molar refractivity (Wildman–Crippen MR) is 98.1 cm³/mol. The molecule has 0 atom stereocenters. The lowest BCUT2D eigenvalue weighted by molar-refractivity contribution is -0.124. The van der Waals surface area contributed by atoms with Gasteiger partial charge in [0, 0.05) is 12.0 Å². The number of carbonyl (C=O) groups is 2. The zero-order chi connectivity index (χ0) is 18.6. The molecular weight excluding hydrogens is 330 g/mol. The molecule has 0 unspecified atom stereocenters. The minimum absolute atomic E-state index is 0.0181. The molecule has 0 spiro atoms. The number of phenolic OH excluding ortho intramolecular Hbond substituents is 1. The summed E-state index contributed by atoms with van der Waals surface area (Å²) >= 11 is 0. The number of rotatable bonds is 6. The number of benzene rings is 2. The third-order valence-electron chi connectivity index (χ3n) is 5.11. The zero-order valence-corrected chi connectivity index (χ0v) is 14.8. The second kappa shape index (κ2) is 7.60. The van der Waals surface area contributed by atoms with Crippen molar-refractivity contribution in [3.8, 4) is 5.75 Å². The van der Waals surface area contributed by atoms with Crippen LogP contribution in [0.15, 0.2) is 48.5 Å². The summed E-state index contributed by atoms with van der Waals surface area (Å²) in [5.41, 5.74) is 1.86. The van der Waals surface area contributed by atoms with E-state index in [-0.39, 0.29) is 29.2 Å². The van der Waals surface area contributed by atoms with Crippen molar-refractivity contribution in [2.45, 2.75) is 31.6 Å². The van der Waals surface area contributed by atoms with E-state index in [0.717, 1.165) is 19.3 Å². The lowest BCUT2D eigenvalue weighted by atomic mass is 9.64. The molecular formula is C21H23NO4. The summed E-state index contributed by atoms with van der Waals surface area (Å²) in [4.78, 5) is 24.1. The maximum Gasteiger partial charge on any atom is 0.342 e. The number of amides is 1. The molecule has 1 fully saturated rings. The van der Waals surface area contributed by atoms with Crippen molar-refractivity contribution >= 4 is 11.9 Å². The average Bonchev–Trinajstić information content (AvgIpc) is 2.62. The van der Waals surface area contributed by atoms with Crippen LogP contribution in [-0.4, -0.2) is 30.1 Å². The smallest absolute Gasteiger partial charge is 0.342 e. The molecule has 0 heterocycles. The van der Waals surface area contributed by atoms with Crippen molar-refractivity contribution in [1.29, 1.82) is 0 Å². The van der Waals surface area contributed by atoms with Crippen LogP contribution in [0.4, 0.5) is 0 Å². The number of nitrogens with one attached hydrogen (secondary N) is 1. The van der Waals surface area contributed by atoms with Gasteiger partial charge in [-0.05, 0) is 37.0 Å². The summed E-state index contributed by atoms with van der Waals surface area (Å²) in [5, 5.41) is 12.8. The Morgan fingerprint density at radius 1 is 1.12 bits per heavy atom. The van der Waals surface area contributed by atoms with Crippen LogP contribution >= 0.6 is 0 Å². The average molecular weight is 353 g/mol. The number of aromatic hydroxyl groups is 1. The van der Waals surface area contributed by atoms with Crippen LogP contribution in [0.1, 0.15) is 40.7 Å². The molecule has 0 bridgehead atoms. The molecule has 1 aliphatic rings. The van der Waals surface area contributed by atoms with Gasteiger partial charge < -0.3 is 15.2 Å². The van der Waals surface area contributed by atoms with E-state index in [9.17, 15) is 14.7 Å². The van der Waals surface area contributed by atoms with Gasteiger partial charge in [0.2, 0.25) is 0 Å². The van der Waals surface area contributed by atoms with Gasteiger partial charge in [-0.2, -0.15) is 0 Å². The fourth-order valence-corrected chi connectivity index (χ4v) is 3.31. The molecule has 1 saturated carbocycles. The molecule has 1 amide bonds. The number of aryl methyl sites for hydroxylation is 1. The highest BCUT2D eigenvalue weighted by Gasteiger charge is 2.38. The Balaban J connectivity index is 1.53. The Morgan fingerprint density at radius 3 is 2.50 bits per heavy atom. The van der Waals surface area contributed by atoms with Crippen molar-refractivity contribution < 1.29 is 19.4 Å². The molecule has 2 aromatic carbocycles. The van der Waals surface area contributed by atoms with Crippen LogP contribution in [0.2, 0.25) is 0 Å². The van der Waals surface area contributed by atoms with Gasteiger partial charge in [-0.25, -0.2) is 4.79 Å². The highest BCUT2D eigenvalue weighted by molar-refractivity contribution is 5.94. The molecule has 0 aliphatic heterocycles. The van der Waals surface area contributed by atoms with Crippen LogP contribution in [-0.2, 0) is 14.9 Å². The number of phenols is 1. The summed E-state index contributed by atoms with van der Waals surface area (Å²) in [6, 6.07) is 15.0. The topological polar surface area (TPSA) is 75.6 Å². The first-order valence-corrected chi connectivity index (χ1v) is 8.80. The predicted octanol–water partition coefficient (Wildman–Crippen LogP) is 3.10. The molecule has 26 heavy (non-hydrogen) atoms. The van der Waals surface area contributed by atoms with Crippen LogP contribution in [0.25, 0.3) is 0 Å². The lowest BCUT2D eigenvalue weighted by Gasteiger charge is -2.42. The van der Waals surface area contributed by atoms with Gasteiger partial charge >= 0.3 is 5.97 Å². The summed E-state index contributed by atoms with van der Waals surface area (Å²) in [7, 11) is 0. The third-order valence-corrected chi connectivity index (χ3v) is 5.11. The van der Waals surface area contributed by atoms with Gasteiger partial charge in [0.05, 0.1) is 0 Å². The molecule has 3 rings (SSSR count). The van der Waals surface area contributed by atoms with Crippen LogP contribution in [0.5, 0.6) is 5.75 Å². The Hall–Kier alpha value is -2.82. The molecule has 0 aromatic heterocycles. The summed E-state index contributed by atoms with van der Waals surface area (Å²) in [5.74, 6) is -1.16. The van der Waals surface area contributed by atoms with E-state index in [1.54, 1.807) is 19.1 Å². The molecule has 1 aliphatic carbocycles. The Labute approximate surface area is 153 Å². The molecule has 2 aromatic rings. The van der Waals surface area contributed by atoms with Gasteiger partial charge in [0.25, 0.3) is 5.91 Å². The summed E-state index contributed by atoms with van der Waals surface area (Å²) < 4.78 is 5.04. The fourth-order valence-electron chi connectivity index (χ4n) is 3.31. The Morgan fingerprint density at radius 2 is 1.85 bits per heavy atom. The largest absolute Gasteiger partial charge is 0.507 e. The molecule has 5 nitrogen and oxygen atoms in total. The minimum atomic E-state index is -0.706. The standard InChI is InChI=1S/C21H23NO4/c1-15-7-5-10-17(19(15)24)20(25)26-13-18(23)22-14-21(11-6-12-21)16-8-3-2-4-9-16/h2-5,7-10,24H,6,11-14H2,1H3,(H,22,23). The van der Waals surface area contributed by atoms with E-state index < -0.39 is 5.97 Å². The first kappa shape index (κ1) is 18.0. The highest BCUT2D eigenvalue weighted by atomic mass is 16.5. The first-order chi connectivity index (χ1) is 12.5. The molecule has 2 N–H and O–H groups in total. The number of hydrogen-bond donors (Lipinski definition) is 2. The second-order valence-electron chi connectivity index (χ2n) is 6.82. The van der Waals surface area contributed by atoms with Gasteiger partial charge in [-0.1, -0.05) is 48.9 Å². The van der Waals surface area contributed by atoms with E-state index in [2.05, 4.69) is 17.4 Å². The Kier molecular flexibility index (Phi) is 5.26. The van der Waals surface area contributed by atoms with E-state index >= 15 is 0 Å². The maximum absolute atomic E-state index is 12.1. The zero-order valence-electron chi connectivity index (χ0n) is 14.8. The van der Waals surface area contributed by atoms with Gasteiger partial charge in [0.15, 0.2) is 6.61 Å². The van der Waals surface area contributed by atoms with E-state index in [1.165, 1.54) is 11.6 Å².